The minimum atomic E-state index is 1.08. The molecule has 1 nitrogen and oxygen atoms in total. The molecule has 0 atom stereocenters. The van der Waals surface area contributed by atoms with E-state index < -0.39 is 0 Å². The van der Waals surface area contributed by atoms with Crippen molar-refractivity contribution in [2.75, 3.05) is 0 Å². The molecule has 2 aromatic rings. The van der Waals surface area contributed by atoms with E-state index >= 15 is 0 Å². The predicted octanol–water partition coefficient (Wildman–Crippen LogP) is 2.42. The van der Waals surface area contributed by atoms with Gasteiger partial charge >= 0.3 is 0 Å². The highest BCUT2D eigenvalue weighted by molar-refractivity contribution is 9.10. The molecule has 0 aliphatic carbocycles. The Balaban J connectivity index is 2.83. The fraction of sp³-hybridized carbons (Fsp3) is 0. The summed E-state index contributed by atoms with van der Waals surface area (Å²) in [5.41, 5.74) is 1.16. The number of para-hydroxylation sites is 1. The molecule has 1 aromatic heterocycles. The van der Waals surface area contributed by atoms with Gasteiger partial charge in [-0.1, -0.05) is 12.1 Å². The number of hydrogen-bond donors (Lipinski definition) is 0. The number of nitrogens with one attached hydrogen (secondary N) is 1. The number of aromatic amines is 1. The van der Waals surface area contributed by atoms with Crippen LogP contribution in [-0.2, 0) is 0 Å². The Hall–Kier alpha value is -0.890. The van der Waals surface area contributed by atoms with Gasteiger partial charge in [0.1, 0.15) is 0 Å². The lowest BCUT2D eigenvalue weighted by Gasteiger charge is -1.89. The number of H-pyrrole nitrogens is 1. The quantitative estimate of drug-likeness (QED) is 0.632. The lowest BCUT2D eigenvalue weighted by molar-refractivity contribution is -0.345. The van der Waals surface area contributed by atoms with Crippen LogP contribution < -0.4 is 4.98 Å². The molecule has 0 fully saturated rings. The minimum Gasteiger partial charge on any atom is -0.210 e. The smallest absolute Gasteiger partial charge is 0.210 e. The number of aromatic nitrogens is 1. The molecule has 2 heteroatoms. The van der Waals surface area contributed by atoms with Gasteiger partial charge in [-0.15, -0.1) is 0 Å². The summed E-state index contributed by atoms with van der Waals surface area (Å²) >= 11 is 3.40. The normalized spacial score (nSPS) is 10.3. The fourth-order valence-electron chi connectivity index (χ4n) is 1.09. The van der Waals surface area contributed by atoms with E-state index in [4.69, 9.17) is 0 Å². The molecule has 0 saturated carbocycles. The molecule has 0 aliphatic rings. The summed E-state index contributed by atoms with van der Waals surface area (Å²) in [7, 11) is 0. The molecule has 54 valence electrons. The Labute approximate surface area is 73.2 Å². The third-order valence-corrected chi connectivity index (χ3v) is 2.08. The van der Waals surface area contributed by atoms with Crippen molar-refractivity contribution in [1.29, 1.82) is 0 Å². The monoisotopic (exact) mass is 208 g/mol. The summed E-state index contributed by atoms with van der Waals surface area (Å²) in [5, 5.41) is 1.22. The van der Waals surface area contributed by atoms with E-state index in [1.807, 2.05) is 18.3 Å². The molecule has 0 spiro atoms. The number of fused-ring (bicyclic) bond motifs is 1. The molecule has 0 amide bonds. The highest BCUT2D eigenvalue weighted by Crippen LogP contribution is 2.13. The number of rotatable bonds is 0. The minimum absolute atomic E-state index is 1.08. The molecule has 11 heavy (non-hydrogen) atoms. The summed E-state index contributed by atoms with van der Waals surface area (Å²) in [6.45, 7) is 0. The first-order valence-electron chi connectivity index (χ1n) is 3.42. The van der Waals surface area contributed by atoms with Crippen LogP contribution in [0.15, 0.2) is 41.0 Å². The van der Waals surface area contributed by atoms with Crippen LogP contribution in [0, 0.1) is 0 Å². The van der Waals surface area contributed by atoms with Crippen LogP contribution in [0.1, 0.15) is 0 Å². The van der Waals surface area contributed by atoms with E-state index in [0.717, 1.165) is 9.99 Å². The second-order valence-electron chi connectivity index (χ2n) is 2.41. The van der Waals surface area contributed by atoms with Gasteiger partial charge in [0.2, 0.25) is 5.52 Å². The first-order chi connectivity index (χ1) is 5.36. The zero-order valence-corrected chi connectivity index (χ0v) is 7.43. The molecule has 2 rings (SSSR count). The second-order valence-corrected chi connectivity index (χ2v) is 3.32. The number of hydrogen-bond acceptors (Lipinski definition) is 0. The molecular weight excluding hydrogens is 202 g/mol. The van der Waals surface area contributed by atoms with E-state index in [1.165, 1.54) is 5.39 Å². The van der Waals surface area contributed by atoms with Crippen LogP contribution >= 0.6 is 15.9 Å². The van der Waals surface area contributed by atoms with Crippen LogP contribution in [-0.4, -0.2) is 0 Å². The molecule has 0 unspecified atom stereocenters. The molecular formula is C9H7BrN+. The zero-order chi connectivity index (χ0) is 7.68. The molecule has 1 aromatic carbocycles. The molecule has 0 radical (unpaired) electrons. The Morgan fingerprint density at radius 2 is 2.00 bits per heavy atom. The predicted molar refractivity (Wildman–Crippen MR) is 48.2 cm³/mol. The van der Waals surface area contributed by atoms with Crippen molar-refractivity contribution < 1.29 is 4.98 Å². The maximum atomic E-state index is 3.40. The van der Waals surface area contributed by atoms with Crippen LogP contribution in [0.25, 0.3) is 10.9 Å². The van der Waals surface area contributed by atoms with Crippen molar-refractivity contribution in [2.24, 2.45) is 0 Å². The Morgan fingerprint density at radius 1 is 1.18 bits per heavy atom. The van der Waals surface area contributed by atoms with E-state index in [9.17, 15) is 0 Å². The number of halogens is 1. The van der Waals surface area contributed by atoms with E-state index in [2.05, 4.69) is 39.1 Å². The molecule has 0 bridgehead atoms. The Kier molecular flexibility index (Phi) is 1.62. The zero-order valence-electron chi connectivity index (χ0n) is 5.84. The van der Waals surface area contributed by atoms with Crippen molar-refractivity contribution in [3.05, 3.63) is 41.0 Å². The van der Waals surface area contributed by atoms with Gasteiger partial charge in [0.15, 0.2) is 6.20 Å². The van der Waals surface area contributed by atoms with Crippen molar-refractivity contribution >= 4 is 26.8 Å². The molecule has 1 N–H and O–H groups in total. The van der Waals surface area contributed by atoms with E-state index in [-0.39, 0.29) is 0 Å². The molecule has 1 heterocycles. The first kappa shape index (κ1) is 6.80. The maximum absolute atomic E-state index is 3.40. The van der Waals surface area contributed by atoms with Gasteiger partial charge in [0.05, 0.1) is 4.47 Å². The third kappa shape index (κ3) is 1.26. The first-order valence-corrected chi connectivity index (χ1v) is 4.21. The molecule has 0 aliphatic heterocycles. The van der Waals surface area contributed by atoms with Crippen molar-refractivity contribution in [2.45, 2.75) is 0 Å². The lowest BCUT2D eigenvalue weighted by atomic mass is 10.2. The molecule has 0 saturated heterocycles. The Morgan fingerprint density at radius 3 is 2.91 bits per heavy atom. The van der Waals surface area contributed by atoms with Crippen LogP contribution in [0.4, 0.5) is 0 Å². The standard InChI is InChI=1S/C9H6BrN/c10-8-5-7-3-1-2-4-9(7)11-6-8/h1-6H/p+1. The van der Waals surface area contributed by atoms with Gasteiger partial charge < -0.3 is 0 Å². The maximum Gasteiger partial charge on any atom is 0.210 e. The number of pyridine rings is 1. The van der Waals surface area contributed by atoms with E-state index in [1.54, 1.807) is 0 Å². The second kappa shape index (κ2) is 2.62. The van der Waals surface area contributed by atoms with Crippen LogP contribution in [0.2, 0.25) is 0 Å². The average Bonchev–Trinajstić information content (AvgIpc) is 2.04. The SMILES string of the molecule is Brc1c[nH+]c2ccccc2c1. The van der Waals surface area contributed by atoms with Crippen molar-refractivity contribution in [3.63, 3.8) is 0 Å². The summed E-state index contributed by atoms with van der Waals surface area (Å²) in [4.78, 5) is 3.17. The summed E-state index contributed by atoms with van der Waals surface area (Å²) in [6.07, 6.45) is 1.93. The lowest BCUT2D eigenvalue weighted by Crippen LogP contribution is -2.01. The topological polar surface area (TPSA) is 14.1 Å². The van der Waals surface area contributed by atoms with Crippen molar-refractivity contribution in [3.8, 4) is 0 Å². The van der Waals surface area contributed by atoms with E-state index in [0.29, 0.717) is 0 Å². The highest BCUT2D eigenvalue weighted by Gasteiger charge is 1.98. The summed E-state index contributed by atoms with van der Waals surface area (Å²) < 4.78 is 1.08. The fourth-order valence-corrected chi connectivity index (χ4v) is 1.45. The van der Waals surface area contributed by atoms with Gasteiger partial charge in [0, 0.05) is 11.5 Å². The van der Waals surface area contributed by atoms with Gasteiger partial charge in [0.25, 0.3) is 0 Å². The van der Waals surface area contributed by atoms with Gasteiger partial charge in [-0.2, -0.15) is 0 Å². The summed E-state index contributed by atoms with van der Waals surface area (Å²) in [6, 6.07) is 10.3. The number of benzene rings is 1. The average molecular weight is 209 g/mol. The Bertz CT molecular complexity index is 384. The van der Waals surface area contributed by atoms with Crippen molar-refractivity contribution in [1.82, 2.24) is 0 Å². The van der Waals surface area contributed by atoms with Gasteiger partial charge in [-0.25, -0.2) is 4.98 Å². The largest absolute Gasteiger partial charge is 0.210 e. The summed E-state index contributed by atoms with van der Waals surface area (Å²) in [5.74, 6) is 0. The highest BCUT2D eigenvalue weighted by atomic mass is 79.9. The van der Waals surface area contributed by atoms with Crippen LogP contribution in [0.5, 0.6) is 0 Å². The van der Waals surface area contributed by atoms with Gasteiger partial charge in [-0.3, -0.25) is 0 Å². The van der Waals surface area contributed by atoms with Crippen LogP contribution in [0.3, 0.4) is 0 Å². The van der Waals surface area contributed by atoms with Gasteiger partial charge in [-0.05, 0) is 28.1 Å². The third-order valence-electron chi connectivity index (χ3n) is 1.62.